The number of rotatable bonds is 5. The zero-order chi connectivity index (χ0) is 15.4. The summed E-state index contributed by atoms with van der Waals surface area (Å²) in [5, 5.41) is 3.42. The van der Waals surface area contributed by atoms with Crippen LogP contribution in [0.25, 0.3) is 0 Å². The molecule has 1 N–H and O–H groups in total. The van der Waals surface area contributed by atoms with Crippen molar-refractivity contribution in [3.8, 4) is 5.75 Å². The molecule has 0 saturated heterocycles. The van der Waals surface area contributed by atoms with Crippen molar-refractivity contribution in [3.63, 3.8) is 0 Å². The van der Waals surface area contributed by atoms with Gasteiger partial charge in [-0.15, -0.1) is 0 Å². The van der Waals surface area contributed by atoms with Gasteiger partial charge in [0.1, 0.15) is 12.4 Å². The first-order valence-electron chi connectivity index (χ1n) is 7.23. The average Bonchev–Trinajstić information content (AvgIpc) is 2.32. The summed E-state index contributed by atoms with van der Waals surface area (Å²) in [5.74, 6) is 0.955. The normalized spacial score (nSPS) is 12.3. The van der Waals surface area contributed by atoms with Gasteiger partial charge in [-0.25, -0.2) is 0 Å². The average molecular weight is 275 g/mol. The van der Waals surface area contributed by atoms with Crippen LogP contribution < -0.4 is 10.1 Å². The van der Waals surface area contributed by atoms with Crippen molar-refractivity contribution in [2.45, 2.75) is 52.5 Å². The molecule has 0 aliphatic carbocycles. The van der Waals surface area contributed by atoms with E-state index in [2.05, 4.69) is 65.6 Å². The fourth-order valence-electron chi connectivity index (χ4n) is 1.83. The molecule has 0 fully saturated rings. The lowest BCUT2D eigenvalue weighted by molar-refractivity contribution is 0.332. The SMILES string of the molecule is C=C(CNC(C)(C)C)COc1ccccc1C(C)(C)C. The van der Waals surface area contributed by atoms with Crippen LogP contribution in [0, 0.1) is 0 Å². The number of nitrogens with one attached hydrogen (secondary N) is 1. The molecule has 0 heterocycles. The van der Waals surface area contributed by atoms with Crippen LogP contribution >= 0.6 is 0 Å². The lowest BCUT2D eigenvalue weighted by Gasteiger charge is -2.24. The number of ether oxygens (including phenoxy) is 1. The number of benzene rings is 1. The predicted octanol–water partition coefficient (Wildman–Crippen LogP) is 4.31. The van der Waals surface area contributed by atoms with E-state index in [0.717, 1.165) is 17.9 Å². The molecule has 2 heteroatoms. The van der Waals surface area contributed by atoms with Gasteiger partial charge >= 0.3 is 0 Å². The van der Waals surface area contributed by atoms with Gasteiger partial charge in [0.25, 0.3) is 0 Å². The van der Waals surface area contributed by atoms with Gasteiger partial charge < -0.3 is 10.1 Å². The summed E-state index contributed by atoms with van der Waals surface area (Å²) in [6.07, 6.45) is 0. The maximum Gasteiger partial charge on any atom is 0.123 e. The first-order chi connectivity index (χ1) is 9.09. The maximum absolute atomic E-state index is 5.95. The Morgan fingerprint density at radius 1 is 1.10 bits per heavy atom. The molecule has 0 aromatic heterocycles. The molecule has 0 atom stereocenters. The topological polar surface area (TPSA) is 21.3 Å². The summed E-state index contributed by atoms with van der Waals surface area (Å²) in [6.45, 7) is 18.5. The molecule has 0 aliphatic heterocycles. The lowest BCUT2D eigenvalue weighted by atomic mass is 9.86. The molecule has 112 valence electrons. The molecule has 1 aromatic carbocycles. The van der Waals surface area contributed by atoms with E-state index in [-0.39, 0.29) is 11.0 Å². The minimum Gasteiger partial charge on any atom is -0.489 e. The van der Waals surface area contributed by atoms with Crippen molar-refractivity contribution in [3.05, 3.63) is 42.0 Å². The Morgan fingerprint density at radius 3 is 2.25 bits per heavy atom. The Morgan fingerprint density at radius 2 is 1.70 bits per heavy atom. The third kappa shape index (κ3) is 5.79. The Hall–Kier alpha value is -1.28. The fourth-order valence-corrected chi connectivity index (χ4v) is 1.83. The van der Waals surface area contributed by atoms with Crippen molar-refractivity contribution < 1.29 is 4.74 Å². The summed E-state index contributed by atoms with van der Waals surface area (Å²) >= 11 is 0. The molecule has 0 saturated carbocycles. The minimum atomic E-state index is 0.0849. The highest BCUT2D eigenvalue weighted by atomic mass is 16.5. The third-order valence-corrected chi connectivity index (χ3v) is 3.00. The second kappa shape index (κ2) is 6.45. The second-order valence-corrected chi connectivity index (χ2v) is 7.39. The molecule has 0 unspecified atom stereocenters. The molecule has 0 bridgehead atoms. The van der Waals surface area contributed by atoms with Crippen LogP contribution in [-0.4, -0.2) is 18.7 Å². The molecule has 0 radical (unpaired) electrons. The number of hydrogen-bond donors (Lipinski definition) is 1. The largest absolute Gasteiger partial charge is 0.489 e. The molecular weight excluding hydrogens is 246 g/mol. The molecular formula is C18H29NO. The molecule has 2 nitrogen and oxygen atoms in total. The first kappa shape index (κ1) is 16.8. The van der Waals surface area contributed by atoms with Gasteiger partial charge in [-0.05, 0) is 43.4 Å². The molecule has 20 heavy (non-hydrogen) atoms. The summed E-state index contributed by atoms with van der Waals surface area (Å²) in [4.78, 5) is 0. The highest BCUT2D eigenvalue weighted by molar-refractivity contribution is 5.38. The van der Waals surface area contributed by atoms with Crippen molar-refractivity contribution in [1.29, 1.82) is 0 Å². The van der Waals surface area contributed by atoms with Gasteiger partial charge in [-0.3, -0.25) is 0 Å². The molecule has 1 aromatic rings. The quantitative estimate of drug-likeness (QED) is 0.809. The smallest absolute Gasteiger partial charge is 0.123 e. The van der Waals surface area contributed by atoms with Gasteiger partial charge in [-0.2, -0.15) is 0 Å². The van der Waals surface area contributed by atoms with Gasteiger partial charge in [0, 0.05) is 12.1 Å². The van der Waals surface area contributed by atoms with Crippen LogP contribution in [0.1, 0.15) is 47.1 Å². The summed E-state index contributed by atoms with van der Waals surface area (Å²) in [5.41, 5.74) is 2.48. The van der Waals surface area contributed by atoms with E-state index in [1.807, 2.05) is 12.1 Å². The van der Waals surface area contributed by atoms with Crippen molar-refractivity contribution >= 4 is 0 Å². The summed E-state index contributed by atoms with van der Waals surface area (Å²) < 4.78 is 5.95. The maximum atomic E-state index is 5.95. The van der Waals surface area contributed by atoms with E-state index in [9.17, 15) is 0 Å². The van der Waals surface area contributed by atoms with E-state index < -0.39 is 0 Å². The molecule has 0 aliphatic rings. The highest BCUT2D eigenvalue weighted by Gasteiger charge is 2.18. The number of para-hydroxylation sites is 1. The Kier molecular flexibility index (Phi) is 5.41. The van der Waals surface area contributed by atoms with Gasteiger partial charge in [0.2, 0.25) is 0 Å². The lowest BCUT2D eigenvalue weighted by Crippen LogP contribution is -2.37. The van der Waals surface area contributed by atoms with Gasteiger partial charge in [0.05, 0.1) is 0 Å². The number of hydrogen-bond acceptors (Lipinski definition) is 2. The third-order valence-electron chi connectivity index (χ3n) is 3.00. The molecule has 0 amide bonds. The molecule has 1 rings (SSSR count). The Balaban J connectivity index is 2.60. The van der Waals surface area contributed by atoms with E-state index in [1.54, 1.807) is 0 Å². The van der Waals surface area contributed by atoms with Crippen LogP contribution in [0.4, 0.5) is 0 Å². The van der Waals surface area contributed by atoms with Crippen LogP contribution in [0.15, 0.2) is 36.4 Å². The first-order valence-corrected chi connectivity index (χ1v) is 7.23. The molecule has 0 spiro atoms. The van der Waals surface area contributed by atoms with Crippen molar-refractivity contribution in [2.24, 2.45) is 0 Å². The van der Waals surface area contributed by atoms with Crippen LogP contribution in [0.2, 0.25) is 0 Å². The van der Waals surface area contributed by atoms with E-state index in [1.165, 1.54) is 5.56 Å². The van der Waals surface area contributed by atoms with E-state index >= 15 is 0 Å². The summed E-state index contributed by atoms with van der Waals surface area (Å²) in [6, 6.07) is 8.24. The monoisotopic (exact) mass is 275 g/mol. The van der Waals surface area contributed by atoms with Crippen LogP contribution in [0.3, 0.4) is 0 Å². The van der Waals surface area contributed by atoms with E-state index in [0.29, 0.717) is 6.61 Å². The van der Waals surface area contributed by atoms with Crippen molar-refractivity contribution in [2.75, 3.05) is 13.2 Å². The Bertz CT molecular complexity index is 449. The van der Waals surface area contributed by atoms with E-state index in [4.69, 9.17) is 4.74 Å². The minimum absolute atomic E-state index is 0.0849. The predicted molar refractivity (Wildman–Crippen MR) is 87.5 cm³/mol. The van der Waals surface area contributed by atoms with Gasteiger partial charge in [-0.1, -0.05) is 45.5 Å². The van der Waals surface area contributed by atoms with Crippen LogP contribution in [-0.2, 0) is 5.41 Å². The zero-order valence-corrected chi connectivity index (χ0v) is 13.8. The zero-order valence-electron chi connectivity index (χ0n) is 13.8. The fraction of sp³-hybridized carbons (Fsp3) is 0.556. The van der Waals surface area contributed by atoms with Gasteiger partial charge in [0.15, 0.2) is 0 Å². The standard InChI is InChI=1S/C18H29NO/c1-14(12-19-18(5,6)7)13-20-16-11-9-8-10-15(16)17(2,3)4/h8-11,19H,1,12-13H2,2-7H3. The highest BCUT2D eigenvalue weighted by Crippen LogP contribution is 2.31. The Labute approximate surface area is 124 Å². The second-order valence-electron chi connectivity index (χ2n) is 7.39. The van der Waals surface area contributed by atoms with Crippen LogP contribution in [0.5, 0.6) is 5.75 Å². The summed E-state index contributed by atoms with van der Waals surface area (Å²) in [7, 11) is 0. The van der Waals surface area contributed by atoms with Crippen molar-refractivity contribution in [1.82, 2.24) is 5.32 Å².